The Balaban J connectivity index is 1.87. The average Bonchev–Trinajstić information content (AvgIpc) is 3.01. The minimum absolute atomic E-state index is 0.319. The molecule has 2 aliphatic rings. The Kier molecular flexibility index (Phi) is 3.83. The Bertz CT molecular complexity index is 213. The molecule has 2 rings (SSSR count). The maximum Gasteiger partial charge on any atom is 0.147 e. The van der Waals surface area contributed by atoms with E-state index in [0.717, 1.165) is 18.8 Å². The lowest BCUT2D eigenvalue weighted by Crippen LogP contribution is -2.32. The molecule has 14 heavy (non-hydrogen) atoms. The zero-order chi connectivity index (χ0) is 9.97. The lowest BCUT2D eigenvalue weighted by atomic mass is 10.1. The van der Waals surface area contributed by atoms with Crippen LogP contribution in [0.1, 0.15) is 32.6 Å². The van der Waals surface area contributed by atoms with E-state index in [4.69, 9.17) is 0 Å². The molecule has 2 unspecified atom stereocenters. The van der Waals surface area contributed by atoms with Crippen molar-refractivity contribution >= 4 is 29.3 Å². The van der Waals surface area contributed by atoms with Crippen LogP contribution in [0.4, 0.5) is 0 Å². The van der Waals surface area contributed by atoms with Crippen LogP contribution in [-0.2, 0) is 4.79 Å². The average molecular weight is 230 g/mol. The van der Waals surface area contributed by atoms with Gasteiger partial charge in [0.05, 0.1) is 5.25 Å². The first-order chi connectivity index (χ1) is 6.81. The molecular weight excluding hydrogens is 212 g/mol. The normalized spacial score (nSPS) is 32.9. The fourth-order valence-corrected chi connectivity index (χ4v) is 4.97. The maximum absolute atomic E-state index is 12.0. The molecule has 0 aromatic carbocycles. The highest BCUT2D eigenvalue weighted by molar-refractivity contribution is 8.07. The number of thioether (sulfide) groups is 2. The van der Waals surface area contributed by atoms with Gasteiger partial charge < -0.3 is 0 Å². The van der Waals surface area contributed by atoms with Crippen LogP contribution in [-0.4, -0.2) is 27.8 Å². The van der Waals surface area contributed by atoms with Crippen molar-refractivity contribution in [1.82, 2.24) is 0 Å². The van der Waals surface area contributed by atoms with Crippen molar-refractivity contribution in [2.24, 2.45) is 5.92 Å². The summed E-state index contributed by atoms with van der Waals surface area (Å²) in [4.78, 5) is 12.0. The molecule has 1 heterocycles. The van der Waals surface area contributed by atoms with Gasteiger partial charge in [-0.25, -0.2) is 0 Å². The highest BCUT2D eigenvalue weighted by Gasteiger charge is 2.34. The summed E-state index contributed by atoms with van der Waals surface area (Å²) in [5.41, 5.74) is 0. The molecule has 2 fully saturated rings. The van der Waals surface area contributed by atoms with E-state index in [0.29, 0.717) is 16.3 Å². The largest absolute Gasteiger partial charge is 0.298 e. The maximum atomic E-state index is 12.0. The Morgan fingerprint density at radius 3 is 2.64 bits per heavy atom. The van der Waals surface area contributed by atoms with Gasteiger partial charge in [-0.2, -0.15) is 11.8 Å². The summed E-state index contributed by atoms with van der Waals surface area (Å²) in [6.45, 7) is 2.21. The molecule has 0 spiro atoms. The molecule has 1 aliphatic heterocycles. The Labute approximate surface area is 94.8 Å². The van der Waals surface area contributed by atoms with Gasteiger partial charge in [-0.15, -0.1) is 11.8 Å². The van der Waals surface area contributed by atoms with Crippen LogP contribution in [0.15, 0.2) is 0 Å². The molecule has 0 N–H and O–H groups in total. The molecule has 0 radical (unpaired) electrons. The van der Waals surface area contributed by atoms with E-state index in [1.54, 1.807) is 0 Å². The van der Waals surface area contributed by atoms with Gasteiger partial charge in [0.1, 0.15) is 5.78 Å². The summed E-state index contributed by atoms with van der Waals surface area (Å²) in [5.74, 6) is 3.70. The predicted octanol–water partition coefficient (Wildman–Crippen LogP) is 2.98. The summed E-state index contributed by atoms with van der Waals surface area (Å²) in [5, 5.41) is 0.916. The highest BCUT2D eigenvalue weighted by Crippen LogP contribution is 2.38. The van der Waals surface area contributed by atoms with Crippen LogP contribution in [0.3, 0.4) is 0 Å². The van der Waals surface area contributed by atoms with Crippen LogP contribution < -0.4 is 0 Å². The third kappa shape index (κ3) is 2.69. The number of Topliss-reactive ketones (excluding diaryl/α,β-unsaturated/α-hetero) is 1. The lowest BCUT2D eigenvalue weighted by Gasteiger charge is -2.28. The van der Waals surface area contributed by atoms with Crippen molar-refractivity contribution < 1.29 is 4.79 Å². The lowest BCUT2D eigenvalue weighted by molar-refractivity contribution is -0.118. The van der Waals surface area contributed by atoms with E-state index < -0.39 is 0 Å². The molecular formula is C11H18OS2. The zero-order valence-electron chi connectivity index (χ0n) is 8.70. The second-order valence-corrected chi connectivity index (χ2v) is 6.82. The first-order valence-corrected chi connectivity index (χ1v) is 7.67. The molecule has 3 heteroatoms. The van der Waals surface area contributed by atoms with Crippen LogP contribution in [0.5, 0.6) is 0 Å². The molecule has 1 nitrogen and oxygen atoms in total. The van der Waals surface area contributed by atoms with E-state index >= 15 is 0 Å². The Hall–Kier alpha value is 0.370. The number of rotatable bonds is 4. The Morgan fingerprint density at radius 2 is 2.00 bits per heavy atom. The van der Waals surface area contributed by atoms with E-state index in [1.165, 1.54) is 24.3 Å². The zero-order valence-corrected chi connectivity index (χ0v) is 10.3. The van der Waals surface area contributed by atoms with Crippen molar-refractivity contribution in [2.75, 3.05) is 11.5 Å². The summed E-state index contributed by atoms with van der Waals surface area (Å²) >= 11 is 3.91. The molecule has 0 aromatic heterocycles. The predicted molar refractivity (Wildman–Crippen MR) is 65.1 cm³/mol. The summed E-state index contributed by atoms with van der Waals surface area (Å²) in [7, 11) is 0. The van der Waals surface area contributed by atoms with Crippen molar-refractivity contribution in [3.05, 3.63) is 0 Å². The number of hydrogen-bond donors (Lipinski definition) is 0. The monoisotopic (exact) mass is 230 g/mol. The first kappa shape index (κ1) is 10.9. The van der Waals surface area contributed by atoms with E-state index in [1.807, 2.05) is 23.5 Å². The molecule has 1 aliphatic carbocycles. The highest BCUT2D eigenvalue weighted by atomic mass is 32.2. The fraction of sp³-hybridized carbons (Fsp3) is 0.909. The van der Waals surface area contributed by atoms with Gasteiger partial charge in [0, 0.05) is 23.2 Å². The Morgan fingerprint density at radius 1 is 1.29 bits per heavy atom. The van der Waals surface area contributed by atoms with Gasteiger partial charge >= 0.3 is 0 Å². The smallest absolute Gasteiger partial charge is 0.147 e. The molecule has 0 aromatic rings. The summed E-state index contributed by atoms with van der Waals surface area (Å²) in [6.07, 6.45) is 4.62. The number of ketones is 1. The van der Waals surface area contributed by atoms with E-state index in [2.05, 4.69) is 6.92 Å². The van der Waals surface area contributed by atoms with Crippen LogP contribution >= 0.6 is 23.5 Å². The quantitative estimate of drug-likeness (QED) is 0.739. The van der Waals surface area contributed by atoms with Crippen molar-refractivity contribution in [3.8, 4) is 0 Å². The van der Waals surface area contributed by atoms with Gasteiger partial charge in [0.25, 0.3) is 0 Å². The number of carbonyl (C=O) groups is 1. The third-order valence-corrected chi connectivity index (χ3v) is 6.25. The van der Waals surface area contributed by atoms with Gasteiger partial charge in [-0.05, 0) is 25.2 Å². The van der Waals surface area contributed by atoms with Crippen LogP contribution in [0.2, 0.25) is 0 Å². The van der Waals surface area contributed by atoms with E-state index in [9.17, 15) is 4.79 Å². The van der Waals surface area contributed by atoms with Crippen molar-refractivity contribution in [2.45, 2.75) is 43.1 Å². The fourth-order valence-electron chi connectivity index (χ4n) is 1.92. The minimum atomic E-state index is 0.319. The minimum Gasteiger partial charge on any atom is -0.298 e. The second kappa shape index (κ2) is 4.93. The number of carbonyl (C=O) groups excluding carboxylic acids is 1. The van der Waals surface area contributed by atoms with Gasteiger partial charge in [-0.3, -0.25) is 4.79 Å². The molecule has 0 amide bonds. The van der Waals surface area contributed by atoms with Gasteiger partial charge in [-0.1, -0.05) is 6.92 Å². The molecule has 80 valence electrons. The van der Waals surface area contributed by atoms with Gasteiger partial charge in [0.15, 0.2) is 0 Å². The summed E-state index contributed by atoms with van der Waals surface area (Å²) in [6, 6.07) is 0. The first-order valence-electron chi connectivity index (χ1n) is 5.57. The topological polar surface area (TPSA) is 17.1 Å². The SMILES string of the molecule is CCC1SCCSC1C(=O)CC1CC1. The van der Waals surface area contributed by atoms with E-state index in [-0.39, 0.29) is 0 Å². The van der Waals surface area contributed by atoms with Crippen molar-refractivity contribution in [3.63, 3.8) is 0 Å². The van der Waals surface area contributed by atoms with Crippen LogP contribution in [0.25, 0.3) is 0 Å². The van der Waals surface area contributed by atoms with Crippen LogP contribution in [0, 0.1) is 5.92 Å². The molecule has 0 bridgehead atoms. The van der Waals surface area contributed by atoms with Crippen molar-refractivity contribution in [1.29, 1.82) is 0 Å². The second-order valence-electron chi connectivity index (χ2n) is 4.22. The molecule has 1 saturated heterocycles. The molecule has 1 saturated carbocycles. The number of hydrogen-bond acceptors (Lipinski definition) is 3. The molecule has 2 atom stereocenters. The van der Waals surface area contributed by atoms with Gasteiger partial charge in [0.2, 0.25) is 0 Å². The summed E-state index contributed by atoms with van der Waals surface area (Å²) < 4.78 is 0. The third-order valence-electron chi connectivity index (χ3n) is 2.96. The standard InChI is InChI=1S/C11H18OS2/c1-2-10-11(14-6-5-13-10)9(12)7-8-3-4-8/h8,10-11H,2-7H2,1H3.